The summed E-state index contributed by atoms with van der Waals surface area (Å²) in [5, 5.41) is 29.3. The largest absolute Gasteiger partial charge is 0.505 e. The first-order chi connectivity index (χ1) is 15.2. The molecule has 0 amide bonds. The number of carboxylic acids is 1. The summed E-state index contributed by atoms with van der Waals surface area (Å²) in [6, 6.07) is 19.7. The normalized spacial score (nSPS) is 11.7. The maximum absolute atomic E-state index is 11.1. The Labute approximate surface area is 190 Å². The SMILES string of the molecule is CC(C)(C)c1cc(CCC(=O)O)cc(-n2nc3ccc(Sc4ccccc4)cc3n2)c1O. The van der Waals surface area contributed by atoms with E-state index in [0.717, 1.165) is 32.0 Å². The van der Waals surface area contributed by atoms with E-state index in [1.165, 1.54) is 4.80 Å². The second kappa shape index (κ2) is 8.67. The molecule has 0 saturated carbocycles. The number of benzene rings is 3. The highest BCUT2D eigenvalue weighted by atomic mass is 32.2. The predicted molar refractivity (Wildman–Crippen MR) is 126 cm³/mol. The summed E-state index contributed by atoms with van der Waals surface area (Å²) >= 11 is 1.65. The predicted octanol–water partition coefficient (Wildman–Crippen LogP) is 5.59. The van der Waals surface area contributed by atoms with Crippen LogP contribution < -0.4 is 0 Å². The Hall–Kier alpha value is -3.32. The molecule has 0 fully saturated rings. The molecule has 0 radical (unpaired) electrons. The molecule has 164 valence electrons. The molecule has 0 saturated heterocycles. The van der Waals surface area contributed by atoms with Gasteiger partial charge in [-0.2, -0.15) is 0 Å². The second-order valence-corrected chi connectivity index (χ2v) is 9.86. The Kier molecular flexibility index (Phi) is 5.93. The molecule has 3 aromatic carbocycles. The van der Waals surface area contributed by atoms with Gasteiger partial charge in [0.15, 0.2) is 0 Å². The third kappa shape index (κ3) is 4.78. The van der Waals surface area contributed by atoms with Gasteiger partial charge in [-0.25, -0.2) is 0 Å². The topological polar surface area (TPSA) is 88.2 Å². The molecule has 0 unspecified atom stereocenters. The number of aliphatic carboxylic acids is 1. The van der Waals surface area contributed by atoms with Gasteiger partial charge >= 0.3 is 5.97 Å². The van der Waals surface area contributed by atoms with Crippen molar-refractivity contribution in [1.82, 2.24) is 15.0 Å². The summed E-state index contributed by atoms with van der Waals surface area (Å²) in [5.41, 5.74) is 3.12. The van der Waals surface area contributed by atoms with E-state index in [1.807, 2.05) is 63.2 Å². The van der Waals surface area contributed by atoms with E-state index in [0.29, 0.717) is 12.1 Å². The number of aryl methyl sites for hydroxylation is 1. The molecule has 4 aromatic rings. The number of hydrogen-bond donors (Lipinski definition) is 2. The number of nitrogens with zero attached hydrogens (tertiary/aromatic N) is 3. The lowest BCUT2D eigenvalue weighted by molar-refractivity contribution is -0.136. The fourth-order valence-corrected chi connectivity index (χ4v) is 4.36. The summed E-state index contributed by atoms with van der Waals surface area (Å²) in [6.07, 6.45) is 0.382. The van der Waals surface area contributed by atoms with E-state index in [4.69, 9.17) is 5.11 Å². The second-order valence-electron chi connectivity index (χ2n) is 8.71. The lowest BCUT2D eigenvalue weighted by Gasteiger charge is -2.23. The molecule has 0 aliphatic carbocycles. The van der Waals surface area contributed by atoms with Gasteiger partial charge in [0.1, 0.15) is 22.5 Å². The van der Waals surface area contributed by atoms with Gasteiger partial charge in [0.2, 0.25) is 0 Å². The van der Waals surface area contributed by atoms with E-state index in [1.54, 1.807) is 17.8 Å². The average molecular weight is 448 g/mol. The van der Waals surface area contributed by atoms with Crippen molar-refractivity contribution in [3.8, 4) is 11.4 Å². The highest BCUT2D eigenvalue weighted by Crippen LogP contribution is 2.37. The summed E-state index contributed by atoms with van der Waals surface area (Å²) in [6.45, 7) is 6.02. The minimum absolute atomic E-state index is 0.0162. The maximum Gasteiger partial charge on any atom is 0.303 e. The Morgan fingerprint density at radius 3 is 2.38 bits per heavy atom. The zero-order valence-electron chi connectivity index (χ0n) is 18.2. The van der Waals surface area contributed by atoms with Crippen LogP contribution in [0.4, 0.5) is 0 Å². The minimum Gasteiger partial charge on any atom is -0.505 e. The van der Waals surface area contributed by atoms with Crippen molar-refractivity contribution in [2.75, 3.05) is 0 Å². The van der Waals surface area contributed by atoms with Crippen molar-refractivity contribution < 1.29 is 15.0 Å². The summed E-state index contributed by atoms with van der Waals surface area (Å²) in [7, 11) is 0. The van der Waals surface area contributed by atoms with Crippen molar-refractivity contribution >= 4 is 28.8 Å². The van der Waals surface area contributed by atoms with Crippen molar-refractivity contribution in [2.45, 2.75) is 48.8 Å². The monoisotopic (exact) mass is 447 g/mol. The number of phenols is 1. The van der Waals surface area contributed by atoms with Crippen molar-refractivity contribution in [1.29, 1.82) is 0 Å². The Morgan fingerprint density at radius 2 is 1.69 bits per heavy atom. The summed E-state index contributed by atoms with van der Waals surface area (Å²) in [5.74, 6) is -0.751. The first kappa shape index (κ1) is 21.9. The molecule has 4 rings (SSSR count). The number of carboxylic acid groups (broad SMARTS) is 1. The van der Waals surface area contributed by atoms with Crippen LogP contribution in [0.25, 0.3) is 16.7 Å². The van der Waals surface area contributed by atoms with Crippen molar-refractivity contribution in [2.24, 2.45) is 0 Å². The molecule has 0 aliphatic rings. The zero-order valence-corrected chi connectivity index (χ0v) is 19.1. The number of aromatic nitrogens is 3. The van der Waals surface area contributed by atoms with Crippen molar-refractivity contribution in [3.63, 3.8) is 0 Å². The van der Waals surface area contributed by atoms with Crippen LogP contribution in [-0.4, -0.2) is 31.2 Å². The molecule has 0 bridgehead atoms. The standard InChI is InChI=1S/C25H25N3O3S/c1-25(2,3)19-13-16(9-12-23(29)30)14-22(24(19)31)28-26-20-11-10-18(15-21(20)27-28)32-17-7-5-4-6-8-17/h4-8,10-11,13-15,31H,9,12H2,1-3H3,(H,29,30). The summed E-state index contributed by atoms with van der Waals surface area (Å²) in [4.78, 5) is 14.7. The van der Waals surface area contributed by atoms with E-state index in [-0.39, 0.29) is 17.6 Å². The average Bonchev–Trinajstić information content (AvgIpc) is 3.16. The highest BCUT2D eigenvalue weighted by Gasteiger charge is 2.23. The fraction of sp³-hybridized carbons (Fsp3) is 0.240. The van der Waals surface area contributed by atoms with Gasteiger partial charge in [-0.3, -0.25) is 4.79 Å². The number of carbonyl (C=O) groups is 1. The molecule has 0 spiro atoms. The van der Waals surface area contributed by atoms with Gasteiger partial charge in [0.25, 0.3) is 0 Å². The van der Waals surface area contributed by atoms with Gasteiger partial charge in [0, 0.05) is 21.8 Å². The lowest BCUT2D eigenvalue weighted by Crippen LogP contribution is -2.14. The number of hydrogen-bond acceptors (Lipinski definition) is 5. The van der Waals surface area contributed by atoms with Crippen LogP contribution in [0.3, 0.4) is 0 Å². The number of aromatic hydroxyl groups is 1. The number of rotatable bonds is 6. The van der Waals surface area contributed by atoms with E-state index >= 15 is 0 Å². The van der Waals surface area contributed by atoms with Gasteiger partial charge in [0.05, 0.1) is 0 Å². The highest BCUT2D eigenvalue weighted by molar-refractivity contribution is 7.99. The molecule has 0 atom stereocenters. The van der Waals surface area contributed by atoms with E-state index in [2.05, 4.69) is 22.3 Å². The zero-order chi connectivity index (χ0) is 22.9. The van der Waals surface area contributed by atoms with Crippen LogP contribution in [0.15, 0.2) is 70.5 Å². The van der Waals surface area contributed by atoms with E-state index in [9.17, 15) is 9.90 Å². The Balaban J connectivity index is 1.75. The van der Waals surface area contributed by atoms with Gasteiger partial charge in [-0.05, 0) is 53.8 Å². The molecule has 0 aliphatic heterocycles. The van der Waals surface area contributed by atoms with Gasteiger partial charge in [-0.15, -0.1) is 15.0 Å². The van der Waals surface area contributed by atoms with Gasteiger partial charge in [-0.1, -0.05) is 56.8 Å². The quantitative estimate of drug-likeness (QED) is 0.400. The number of fused-ring (bicyclic) bond motifs is 1. The molecule has 1 aromatic heterocycles. The van der Waals surface area contributed by atoms with Crippen LogP contribution in [-0.2, 0) is 16.6 Å². The van der Waals surface area contributed by atoms with Crippen LogP contribution in [0, 0.1) is 0 Å². The molecule has 2 N–H and O–H groups in total. The smallest absolute Gasteiger partial charge is 0.303 e. The van der Waals surface area contributed by atoms with Crippen LogP contribution in [0.5, 0.6) is 5.75 Å². The van der Waals surface area contributed by atoms with Crippen molar-refractivity contribution in [3.05, 3.63) is 71.8 Å². The first-order valence-electron chi connectivity index (χ1n) is 10.4. The van der Waals surface area contributed by atoms with Crippen LogP contribution >= 0.6 is 11.8 Å². The Bertz CT molecular complexity index is 1280. The molecule has 6 nitrogen and oxygen atoms in total. The molecule has 32 heavy (non-hydrogen) atoms. The third-order valence-electron chi connectivity index (χ3n) is 5.13. The molecule has 7 heteroatoms. The number of phenolic OH excluding ortho intramolecular Hbond substituents is 1. The maximum atomic E-state index is 11.1. The third-order valence-corrected chi connectivity index (χ3v) is 6.13. The molecule has 1 heterocycles. The lowest BCUT2D eigenvalue weighted by atomic mass is 9.84. The molecular weight excluding hydrogens is 422 g/mol. The Morgan fingerprint density at radius 1 is 0.969 bits per heavy atom. The van der Waals surface area contributed by atoms with Crippen LogP contribution in [0.2, 0.25) is 0 Å². The van der Waals surface area contributed by atoms with Crippen LogP contribution in [0.1, 0.15) is 38.3 Å². The van der Waals surface area contributed by atoms with E-state index < -0.39 is 5.97 Å². The fourth-order valence-electron chi connectivity index (χ4n) is 3.49. The van der Waals surface area contributed by atoms with Gasteiger partial charge < -0.3 is 10.2 Å². The minimum atomic E-state index is -0.858. The summed E-state index contributed by atoms with van der Waals surface area (Å²) < 4.78 is 0. The first-order valence-corrected chi connectivity index (χ1v) is 11.2. The molecular formula is C25H25N3O3S.